The third-order valence-electron chi connectivity index (χ3n) is 4.56. The number of hydrogen-bond acceptors (Lipinski definition) is 6. The number of aliphatic hydroxyl groups is 1. The first-order valence-electron chi connectivity index (χ1n) is 9.55. The van der Waals surface area contributed by atoms with Gasteiger partial charge in [-0.25, -0.2) is 18.1 Å². The highest BCUT2D eigenvalue weighted by Gasteiger charge is 2.14. The standard InChI is InChI=1S/C21H20BrN5O3S/c22-18-14-23-27-20(13-19(26-21(18)27)15-5-2-1-3-6-15)25-16-7-9-17(10-8-16)31(29,30)24-11-4-12-28/h1-3,5-10,13-14,24-25,28H,4,11-12H2. The lowest BCUT2D eigenvalue weighted by atomic mass is 10.1. The SMILES string of the molecule is O=S(=O)(NCCCO)c1ccc(Nc2cc(-c3ccccc3)nc3c(Br)cnn23)cc1. The van der Waals surface area contributed by atoms with E-state index in [1.54, 1.807) is 22.8 Å². The molecule has 0 aliphatic heterocycles. The lowest BCUT2D eigenvalue weighted by Crippen LogP contribution is -2.25. The van der Waals surface area contributed by atoms with Crippen LogP contribution in [-0.2, 0) is 10.0 Å². The number of hydrogen-bond donors (Lipinski definition) is 3. The van der Waals surface area contributed by atoms with E-state index in [4.69, 9.17) is 10.1 Å². The monoisotopic (exact) mass is 501 g/mol. The number of aromatic nitrogens is 3. The van der Waals surface area contributed by atoms with E-state index in [0.717, 1.165) is 15.7 Å². The zero-order chi connectivity index (χ0) is 21.8. The fraction of sp³-hybridized carbons (Fsp3) is 0.143. The van der Waals surface area contributed by atoms with Crippen LogP contribution in [0.15, 0.2) is 76.2 Å². The molecular weight excluding hydrogens is 482 g/mol. The molecular formula is C21H20BrN5O3S. The molecule has 0 aliphatic carbocycles. The van der Waals surface area contributed by atoms with Gasteiger partial charge in [-0.15, -0.1) is 0 Å². The van der Waals surface area contributed by atoms with Gasteiger partial charge in [-0.3, -0.25) is 0 Å². The molecule has 3 N–H and O–H groups in total. The van der Waals surface area contributed by atoms with Crippen LogP contribution in [0.2, 0.25) is 0 Å². The summed E-state index contributed by atoms with van der Waals surface area (Å²) in [5, 5.41) is 16.5. The van der Waals surface area contributed by atoms with Crippen LogP contribution in [0, 0.1) is 0 Å². The molecule has 0 unspecified atom stereocenters. The summed E-state index contributed by atoms with van der Waals surface area (Å²) in [5.74, 6) is 0.686. The minimum atomic E-state index is -3.62. The highest BCUT2D eigenvalue weighted by atomic mass is 79.9. The predicted molar refractivity (Wildman–Crippen MR) is 123 cm³/mol. The Bertz CT molecular complexity index is 1290. The van der Waals surface area contributed by atoms with E-state index < -0.39 is 10.0 Å². The Hall–Kier alpha value is -2.79. The summed E-state index contributed by atoms with van der Waals surface area (Å²) in [4.78, 5) is 4.85. The number of anilines is 2. The largest absolute Gasteiger partial charge is 0.396 e. The first-order chi connectivity index (χ1) is 15.0. The van der Waals surface area contributed by atoms with E-state index in [1.165, 1.54) is 12.1 Å². The van der Waals surface area contributed by atoms with Crippen LogP contribution >= 0.6 is 15.9 Å². The molecule has 31 heavy (non-hydrogen) atoms. The second kappa shape index (κ2) is 9.15. The number of rotatable bonds is 8. The first kappa shape index (κ1) is 21.4. The molecule has 0 aliphatic rings. The molecule has 0 bridgehead atoms. The third-order valence-corrected chi connectivity index (χ3v) is 6.60. The Kier molecular flexibility index (Phi) is 6.33. The third kappa shape index (κ3) is 4.77. The fourth-order valence-electron chi connectivity index (χ4n) is 3.02. The number of aliphatic hydroxyl groups excluding tert-OH is 1. The first-order valence-corrected chi connectivity index (χ1v) is 11.8. The van der Waals surface area contributed by atoms with Gasteiger partial charge >= 0.3 is 0 Å². The van der Waals surface area contributed by atoms with E-state index in [1.807, 2.05) is 36.4 Å². The average molecular weight is 502 g/mol. The van der Waals surface area contributed by atoms with Gasteiger partial charge in [0.25, 0.3) is 0 Å². The molecule has 0 saturated heterocycles. The molecule has 0 saturated carbocycles. The van der Waals surface area contributed by atoms with Crippen LogP contribution in [0.25, 0.3) is 16.9 Å². The molecule has 10 heteroatoms. The number of nitrogens with zero attached hydrogens (tertiary/aromatic N) is 3. The van der Waals surface area contributed by atoms with E-state index in [0.29, 0.717) is 23.6 Å². The van der Waals surface area contributed by atoms with Crippen molar-refractivity contribution in [3.05, 3.63) is 71.3 Å². The van der Waals surface area contributed by atoms with Crippen molar-refractivity contribution in [2.75, 3.05) is 18.5 Å². The molecule has 0 radical (unpaired) electrons. The summed E-state index contributed by atoms with van der Waals surface area (Å²) in [5.41, 5.74) is 3.12. The molecule has 8 nitrogen and oxygen atoms in total. The van der Waals surface area contributed by atoms with Crippen molar-refractivity contribution in [2.45, 2.75) is 11.3 Å². The smallest absolute Gasteiger partial charge is 0.240 e. The van der Waals surface area contributed by atoms with Gasteiger partial charge in [0.15, 0.2) is 5.65 Å². The summed E-state index contributed by atoms with van der Waals surface area (Å²) < 4.78 is 29.5. The molecule has 4 aromatic rings. The second-order valence-electron chi connectivity index (χ2n) is 6.74. The molecule has 4 rings (SSSR count). The van der Waals surface area contributed by atoms with Crippen LogP contribution in [-0.4, -0.2) is 41.3 Å². The van der Waals surface area contributed by atoms with Gasteiger partial charge in [0, 0.05) is 30.5 Å². The second-order valence-corrected chi connectivity index (χ2v) is 9.37. The van der Waals surface area contributed by atoms with Crippen LogP contribution in [0.1, 0.15) is 6.42 Å². The maximum atomic E-state index is 12.3. The highest BCUT2D eigenvalue weighted by molar-refractivity contribution is 9.10. The average Bonchev–Trinajstić information content (AvgIpc) is 3.16. The zero-order valence-electron chi connectivity index (χ0n) is 16.4. The Morgan fingerprint density at radius 2 is 1.81 bits per heavy atom. The van der Waals surface area contributed by atoms with E-state index in [-0.39, 0.29) is 18.0 Å². The molecule has 2 aromatic carbocycles. The number of sulfonamides is 1. The number of fused-ring (bicyclic) bond motifs is 1. The molecule has 0 amide bonds. The van der Waals surface area contributed by atoms with Gasteiger partial charge in [-0.2, -0.15) is 9.61 Å². The minimum absolute atomic E-state index is 0.0692. The fourth-order valence-corrected chi connectivity index (χ4v) is 4.44. The van der Waals surface area contributed by atoms with Crippen molar-refractivity contribution in [1.82, 2.24) is 19.3 Å². The van der Waals surface area contributed by atoms with Crippen LogP contribution in [0.5, 0.6) is 0 Å². The van der Waals surface area contributed by atoms with Crippen molar-refractivity contribution in [3.8, 4) is 11.3 Å². The van der Waals surface area contributed by atoms with Crippen LogP contribution < -0.4 is 10.0 Å². The van der Waals surface area contributed by atoms with Gasteiger partial charge in [0.2, 0.25) is 10.0 Å². The van der Waals surface area contributed by atoms with E-state index in [9.17, 15) is 8.42 Å². The summed E-state index contributed by atoms with van der Waals surface area (Å²) in [6.07, 6.45) is 2.04. The van der Waals surface area contributed by atoms with E-state index >= 15 is 0 Å². The maximum absolute atomic E-state index is 12.3. The van der Waals surface area contributed by atoms with Gasteiger partial charge in [0.1, 0.15) is 5.82 Å². The molecule has 160 valence electrons. The van der Waals surface area contributed by atoms with Crippen LogP contribution in [0.4, 0.5) is 11.5 Å². The molecule has 2 aromatic heterocycles. The van der Waals surface area contributed by atoms with Crippen molar-refractivity contribution in [2.24, 2.45) is 0 Å². The minimum Gasteiger partial charge on any atom is -0.396 e. The van der Waals surface area contributed by atoms with E-state index in [2.05, 4.69) is 31.1 Å². The Labute approximate surface area is 188 Å². The number of nitrogens with one attached hydrogen (secondary N) is 2. The molecule has 0 spiro atoms. The number of benzene rings is 2. The topological polar surface area (TPSA) is 109 Å². The van der Waals surface area contributed by atoms with Gasteiger partial charge in [0.05, 0.1) is 21.3 Å². The van der Waals surface area contributed by atoms with Crippen molar-refractivity contribution in [3.63, 3.8) is 0 Å². The van der Waals surface area contributed by atoms with Gasteiger partial charge in [-0.05, 0) is 46.6 Å². The van der Waals surface area contributed by atoms with Crippen LogP contribution in [0.3, 0.4) is 0 Å². The maximum Gasteiger partial charge on any atom is 0.240 e. The normalized spacial score (nSPS) is 11.7. The highest BCUT2D eigenvalue weighted by Crippen LogP contribution is 2.27. The summed E-state index contributed by atoms with van der Waals surface area (Å²) in [6.45, 7) is 0.116. The number of halogens is 1. The Morgan fingerprint density at radius 3 is 2.52 bits per heavy atom. The zero-order valence-corrected chi connectivity index (χ0v) is 18.8. The quantitative estimate of drug-likeness (QED) is 0.318. The summed E-state index contributed by atoms with van der Waals surface area (Å²) in [6, 6.07) is 18.1. The lowest BCUT2D eigenvalue weighted by molar-refractivity contribution is 0.289. The van der Waals surface area contributed by atoms with Crippen molar-refractivity contribution >= 4 is 43.1 Å². The Morgan fingerprint density at radius 1 is 1.06 bits per heavy atom. The molecule has 0 atom stereocenters. The summed E-state index contributed by atoms with van der Waals surface area (Å²) in [7, 11) is -3.62. The van der Waals surface area contributed by atoms with Gasteiger partial charge < -0.3 is 10.4 Å². The predicted octanol–water partition coefficient (Wildman–Crippen LogP) is 3.56. The summed E-state index contributed by atoms with van der Waals surface area (Å²) >= 11 is 3.49. The lowest BCUT2D eigenvalue weighted by Gasteiger charge is -2.12. The molecule has 0 fully saturated rings. The van der Waals surface area contributed by atoms with Crippen molar-refractivity contribution in [1.29, 1.82) is 0 Å². The molecule has 2 heterocycles. The Balaban J connectivity index is 1.64. The van der Waals surface area contributed by atoms with Crippen molar-refractivity contribution < 1.29 is 13.5 Å². The van der Waals surface area contributed by atoms with Gasteiger partial charge in [-0.1, -0.05) is 30.3 Å².